The molecule has 0 unspecified atom stereocenters. The Morgan fingerprint density at radius 2 is 1.92 bits per heavy atom. The van der Waals surface area contributed by atoms with E-state index in [1.807, 2.05) is 56.3 Å². The third kappa shape index (κ3) is 4.67. The smallest absolute Gasteiger partial charge is 0.314 e. The molecule has 1 aromatic heterocycles. The Morgan fingerprint density at radius 3 is 2.68 bits per heavy atom. The van der Waals surface area contributed by atoms with E-state index in [2.05, 4.69) is 27.1 Å². The van der Waals surface area contributed by atoms with E-state index in [1.54, 1.807) is 0 Å². The zero-order chi connectivity index (χ0) is 17.6. The quantitative estimate of drug-likeness (QED) is 0.677. The Kier molecular flexibility index (Phi) is 5.09. The second-order valence-electron chi connectivity index (χ2n) is 5.96. The summed E-state index contributed by atoms with van der Waals surface area (Å²) < 4.78 is 5.09. The van der Waals surface area contributed by atoms with Crippen LogP contribution in [0.1, 0.15) is 28.1 Å². The molecular formula is C19H20N4O2. The van der Waals surface area contributed by atoms with Crippen LogP contribution in [-0.4, -0.2) is 16.0 Å². The van der Waals surface area contributed by atoms with Crippen LogP contribution < -0.4 is 10.9 Å². The molecule has 6 nitrogen and oxygen atoms in total. The van der Waals surface area contributed by atoms with Crippen LogP contribution in [0.4, 0.5) is 6.01 Å². The number of benzene rings is 2. The van der Waals surface area contributed by atoms with Crippen LogP contribution in [0.15, 0.2) is 53.1 Å². The molecule has 0 aliphatic rings. The van der Waals surface area contributed by atoms with Crippen molar-refractivity contribution in [1.29, 1.82) is 0 Å². The summed E-state index contributed by atoms with van der Waals surface area (Å²) in [4.78, 5) is 16.3. The molecule has 0 aliphatic heterocycles. The third-order valence-electron chi connectivity index (χ3n) is 3.83. The van der Waals surface area contributed by atoms with Crippen LogP contribution >= 0.6 is 0 Å². The Balaban J connectivity index is 1.52. The molecule has 0 saturated carbocycles. The van der Waals surface area contributed by atoms with Gasteiger partial charge in [-0.05, 0) is 30.5 Å². The van der Waals surface area contributed by atoms with Crippen LogP contribution in [0, 0.1) is 13.8 Å². The lowest BCUT2D eigenvalue weighted by Crippen LogP contribution is -2.31. The fourth-order valence-corrected chi connectivity index (χ4v) is 2.54. The first-order valence-corrected chi connectivity index (χ1v) is 8.07. The van der Waals surface area contributed by atoms with E-state index in [0.29, 0.717) is 12.2 Å². The number of hydrogen-bond acceptors (Lipinski definition) is 5. The van der Waals surface area contributed by atoms with Crippen molar-refractivity contribution in [1.82, 2.24) is 15.6 Å². The van der Waals surface area contributed by atoms with E-state index in [-0.39, 0.29) is 18.3 Å². The molecule has 3 aromatic rings. The molecule has 1 amide bonds. The zero-order valence-corrected chi connectivity index (χ0v) is 14.2. The van der Waals surface area contributed by atoms with Gasteiger partial charge in [0.05, 0.1) is 6.42 Å². The van der Waals surface area contributed by atoms with Crippen LogP contribution in [0.2, 0.25) is 0 Å². The highest BCUT2D eigenvalue weighted by molar-refractivity contribution is 5.79. The van der Waals surface area contributed by atoms with Gasteiger partial charge in [0.1, 0.15) is 0 Å². The van der Waals surface area contributed by atoms with Gasteiger partial charge in [-0.25, -0.2) is 5.43 Å². The Bertz CT molecular complexity index is 859. The summed E-state index contributed by atoms with van der Waals surface area (Å²) in [5.74, 6) is 0.382. The van der Waals surface area contributed by atoms with Crippen LogP contribution in [0.5, 0.6) is 0 Å². The molecule has 128 valence electrons. The number of rotatable bonds is 6. The predicted molar refractivity (Wildman–Crippen MR) is 94.9 cm³/mol. The lowest BCUT2D eigenvalue weighted by atomic mass is 10.0. The number of anilines is 1. The van der Waals surface area contributed by atoms with Gasteiger partial charge in [-0.3, -0.25) is 10.2 Å². The normalized spacial score (nSPS) is 10.5. The Labute approximate surface area is 146 Å². The average Bonchev–Trinajstić information content (AvgIpc) is 3.04. The molecule has 0 aliphatic carbocycles. The van der Waals surface area contributed by atoms with Gasteiger partial charge in [-0.15, -0.1) is 0 Å². The number of carbonyl (C=O) groups excluding carboxylic acids is 1. The summed E-state index contributed by atoms with van der Waals surface area (Å²) >= 11 is 0. The van der Waals surface area contributed by atoms with Gasteiger partial charge >= 0.3 is 6.01 Å². The molecule has 6 heteroatoms. The predicted octanol–water partition coefficient (Wildman–Crippen LogP) is 2.96. The topological polar surface area (TPSA) is 80.0 Å². The molecule has 0 radical (unpaired) electrons. The zero-order valence-electron chi connectivity index (χ0n) is 14.2. The first-order chi connectivity index (χ1) is 12.1. The van der Waals surface area contributed by atoms with E-state index < -0.39 is 0 Å². The fourth-order valence-electron chi connectivity index (χ4n) is 2.54. The summed E-state index contributed by atoms with van der Waals surface area (Å²) in [6.45, 7) is 4.03. The first-order valence-electron chi connectivity index (χ1n) is 8.07. The minimum atomic E-state index is -0.172. The Hall–Kier alpha value is -3.15. The standard InChI is InChI=1S/C19H20N4O2/c1-13-8-9-16(14(2)10-13)12-18(24)21-22-19-20-17(23-25-19)11-15-6-4-3-5-7-15/h3-10H,11-12H2,1-2H3,(H,21,24)(H,20,22,23). The van der Waals surface area contributed by atoms with Gasteiger partial charge in [0, 0.05) is 6.42 Å². The summed E-state index contributed by atoms with van der Waals surface area (Å²) in [6, 6.07) is 16.1. The second-order valence-corrected chi connectivity index (χ2v) is 5.96. The molecule has 0 atom stereocenters. The lowest BCUT2D eigenvalue weighted by Gasteiger charge is -2.07. The number of aromatic nitrogens is 2. The van der Waals surface area contributed by atoms with Crippen molar-refractivity contribution < 1.29 is 9.32 Å². The van der Waals surface area contributed by atoms with E-state index in [1.165, 1.54) is 5.56 Å². The first kappa shape index (κ1) is 16.7. The highest BCUT2D eigenvalue weighted by Crippen LogP contribution is 2.11. The molecule has 0 fully saturated rings. The van der Waals surface area contributed by atoms with Gasteiger partial charge in [-0.1, -0.05) is 59.3 Å². The number of hydrazine groups is 1. The van der Waals surface area contributed by atoms with Crippen LogP contribution in [0.25, 0.3) is 0 Å². The van der Waals surface area contributed by atoms with Gasteiger partial charge in [0.2, 0.25) is 5.91 Å². The van der Waals surface area contributed by atoms with E-state index in [0.717, 1.165) is 16.7 Å². The van der Waals surface area contributed by atoms with E-state index in [4.69, 9.17) is 4.52 Å². The molecule has 2 aromatic carbocycles. The monoisotopic (exact) mass is 336 g/mol. The number of carbonyl (C=O) groups is 1. The van der Waals surface area contributed by atoms with Crippen molar-refractivity contribution in [2.24, 2.45) is 0 Å². The van der Waals surface area contributed by atoms with Crippen molar-refractivity contribution >= 4 is 11.9 Å². The van der Waals surface area contributed by atoms with Gasteiger partial charge in [0.25, 0.3) is 0 Å². The molecular weight excluding hydrogens is 316 g/mol. The van der Waals surface area contributed by atoms with Crippen LogP contribution in [-0.2, 0) is 17.6 Å². The number of nitrogens with zero attached hydrogens (tertiary/aromatic N) is 2. The minimum Gasteiger partial charge on any atom is -0.314 e. The average molecular weight is 336 g/mol. The lowest BCUT2D eigenvalue weighted by molar-refractivity contribution is -0.120. The fraction of sp³-hybridized carbons (Fsp3) is 0.211. The second kappa shape index (κ2) is 7.61. The van der Waals surface area contributed by atoms with E-state index >= 15 is 0 Å². The van der Waals surface area contributed by atoms with Crippen molar-refractivity contribution in [3.8, 4) is 0 Å². The maximum atomic E-state index is 12.1. The maximum Gasteiger partial charge on any atom is 0.340 e. The number of aryl methyl sites for hydroxylation is 2. The Morgan fingerprint density at radius 1 is 1.12 bits per heavy atom. The van der Waals surface area contributed by atoms with Gasteiger partial charge < -0.3 is 4.52 Å². The van der Waals surface area contributed by atoms with Crippen LogP contribution in [0.3, 0.4) is 0 Å². The molecule has 1 heterocycles. The van der Waals surface area contributed by atoms with Gasteiger partial charge in [-0.2, -0.15) is 4.98 Å². The molecule has 2 N–H and O–H groups in total. The van der Waals surface area contributed by atoms with Gasteiger partial charge in [0.15, 0.2) is 5.82 Å². The van der Waals surface area contributed by atoms with Crippen molar-refractivity contribution in [3.63, 3.8) is 0 Å². The molecule has 25 heavy (non-hydrogen) atoms. The SMILES string of the molecule is Cc1ccc(CC(=O)NNc2nc(Cc3ccccc3)no2)c(C)c1. The third-order valence-corrected chi connectivity index (χ3v) is 3.83. The maximum absolute atomic E-state index is 12.1. The number of amides is 1. The highest BCUT2D eigenvalue weighted by atomic mass is 16.5. The minimum absolute atomic E-state index is 0.167. The summed E-state index contributed by atoms with van der Waals surface area (Å²) in [5.41, 5.74) is 9.59. The van der Waals surface area contributed by atoms with Crippen molar-refractivity contribution in [2.75, 3.05) is 5.43 Å². The summed E-state index contributed by atoms with van der Waals surface area (Å²) in [5, 5.41) is 3.90. The summed E-state index contributed by atoms with van der Waals surface area (Å²) in [6.07, 6.45) is 0.854. The number of nitrogens with one attached hydrogen (secondary N) is 2. The molecule has 0 bridgehead atoms. The summed E-state index contributed by atoms with van der Waals surface area (Å²) in [7, 11) is 0. The largest absolute Gasteiger partial charge is 0.340 e. The molecule has 3 rings (SSSR count). The highest BCUT2D eigenvalue weighted by Gasteiger charge is 2.09. The molecule has 0 spiro atoms. The van der Waals surface area contributed by atoms with E-state index in [9.17, 15) is 4.79 Å². The number of hydrogen-bond donors (Lipinski definition) is 2. The van der Waals surface area contributed by atoms with Crippen molar-refractivity contribution in [3.05, 3.63) is 76.6 Å². The molecule has 0 saturated heterocycles. The van der Waals surface area contributed by atoms with Crippen molar-refractivity contribution in [2.45, 2.75) is 26.7 Å².